The minimum Gasteiger partial charge on any atom is -0.279 e. The Morgan fingerprint density at radius 2 is 1.91 bits per heavy atom. The smallest absolute Gasteiger partial charge is 0.279 e. The summed E-state index contributed by atoms with van der Waals surface area (Å²) in [5.41, 5.74) is -0.458. The molecule has 9 heteroatoms. The van der Waals surface area contributed by atoms with Gasteiger partial charge < -0.3 is 0 Å². The summed E-state index contributed by atoms with van der Waals surface area (Å²) < 4.78 is 64.5. The van der Waals surface area contributed by atoms with Crippen LogP contribution < -0.4 is 10.3 Å². The number of benzene rings is 1. The number of anilines is 1. The quantitative estimate of drug-likeness (QED) is 0.878. The number of nitrogens with zero attached hydrogens (tertiary/aromatic N) is 1. The molecule has 0 bridgehead atoms. The number of sulfonamides is 1. The normalized spacial score (nSPS) is 12.2. The third kappa shape index (κ3) is 3.59. The highest BCUT2D eigenvalue weighted by molar-refractivity contribution is 7.92. The topological polar surface area (TPSA) is 59.1 Å². The fourth-order valence-corrected chi connectivity index (χ4v) is 2.82. The number of alkyl halides is 3. The van der Waals surface area contributed by atoms with Crippen LogP contribution in [0, 0.1) is 6.92 Å². The van der Waals surface area contributed by atoms with Crippen LogP contribution in [0.5, 0.6) is 0 Å². The average Bonchev–Trinajstić information content (AvgIpc) is 2.42. The van der Waals surface area contributed by atoms with Crippen LogP contribution in [-0.2, 0) is 16.2 Å². The van der Waals surface area contributed by atoms with E-state index < -0.39 is 26.7 Å². The van der Waals surface area contributed by atoms with Crippen LogP contribution in [0.2, 0.25) is 0 Å². The molecular weight excluding hydrogens is 316 g/mol. The molecule has 0 aliphatic rings. The average molecular weight is 326 g/mol. The first kappa shape index (κ1) is 16.3. The number of nitrogens with one attached hydrogen (secondary N) is 1. The van der Waals surface area contributed by atoms with E-state index >= 15 is 0 Å². The molecule has 0 amide bonds. The van der Waals surface area contributed by atoms with Crippen molar-refractivity contribution in [2.75, 3.05) is 4.72 Å². The van der Waals surface area contributed by atoms with E-state index in [0.717, 1.165) is 18.2 Å². The van der Waals surface area contributed by atoms with Gasteiger partial charge in [0, 0.05) is 11.8 Å². The monoisotopic (exact) mass is 326 g/mol. The molecule has 2 rings (SSSR count). The van der Waals surface area contributed by atoms with Crippen molar-refractivity contribution in [1.82, 2.24) is 4.98 Å². The van der Waals surface area contributed by atoms with Crippen LogP contribution in [0.1, 0.15) is 11.1 Å². The second-order valence-electron chi connectivity index (χ2n) is 4.58. The van der Waals surface area contributed by atoms with Gasteiger partial charge in [0.2, 0.25) is 0 Å². The van der Waals surface area contributed by atoms with E-state index in [9.17, 15) is 21.6 Å². The molecule has 1 N–H and O–H groups in total. The van der Waals surface area contributed by atoms with Gasteiger partial charge in [0.1, 0.15) is 7.85 Å². The number of hydrogen-bond donors (Lipinski definition) is 1. The Morgan fingerprint density at radius 3 is 2.55 bits per heavy atom. The Kier molecular flexibility index (Phi) is 4.19. The number of hydrogen-bond acceptors (Lipinski definition) is 3. The van der Waals surface area contributed by atoms with Crippen molar-refractivity contribution in [1.29, 1.82) is 0 Å². The number of pyridine rings is 1. The van der Waals surface area contributed by atoms with Crippen molar-refractivity contribution in [3.63, 3.8) is 0 Å². The SMILES string of the molecule is [B]c1ncc(C)cc1NS(=O)(=O)c1cccc(C(F)(F)F)c1. The summed E-state index contributed by atoms with van der Waals surface area (Å²) in [4.78, 5) is 3.27. The molecule has 2 radical (unpaired) electrons. The van der Waals surface area contributed by atoms with Gasteiger partial charge in [-0.15, -0.1) is 0 Å². The maximum atomic E-state index is 12.7. The van der Waals surface area contributed by atoms with Crippen molar-refractivity contribution in [3.05, 3.63) is 47.7 Å². The number of aryl methyl sites for hydroxylation is 1. The van der Waals surface area contributed by atoms with Crippen molar-refractivity contribution in [3.8, 4) is 0 Å². The Morgan fingerprint density at radius 1 is 1.23 bits per heavy atom. The largest absolute Gasteiger partial charge is 0.416 e. The fourth-order valence-electron chi connectivity index (χ4n) is 1.70. The second-order valence-corrected chi connectivity index (χ2v) is 6.26. The van der Waals surface area contributed by atoms with Gasteiger partial charge >= 0.3 is 6.18 Å². The van der Waals surface area contributed by atoms with Crippen LogP contribution in [0.25, 0.3) is 0 Å². The van der Waals surface area contributed by atoms with E-state index in [-0.39, 0.29) is 11.3 Å². The molecule has 22 heavy (non-hydrogen) atoms. The summed E-state index contributed by atoms with van der Waals surface area (Å²) in [7, 11) is 1.35. The number of halogens is 3. The summed E-state index contributed by atoms with van der Waals surface area (Å²) >= 11 is 0. The number of rotatable bonds is 3. The molecule has 1 heterocycles. The lowest BCUT2D eigenvalue weighted by atomic mass is 10.0. The predicted octanol–water partition coefficient (Wildman–Crippen LogP) is 2.00. The minimum atomic E-state index is -4.63. The van der Waals surface area contributed by atoms with Crippen LogP contribution in [-0.4, -0.2) is 21.2 Å². The van der Waals surface area contributed by atoms with Gasteiger partial charge in [-0.1, -0.05) is 6.07 Å². The van der Waals surface area contributed by atoms with Crippen molar-refractivity contribution >= 4 is 29.2 Å². The lowest BCUT2D eigenvalue weighted by molar-refractivity contribution is -0.137. The standard InChI is InChI=1S/C13H10BF3N2O2S/c1-8-5-11(12(14)18-7-8)19-22(20,21)10-4-2-3-9(6-10)13(15,16)17/h2-7,19H,1H3. The molecule has 0 fully saturated rings. The van der Waals surface area contributed by atoms with Crippen LogP contribution >= 0.6 is 0 Å². The van der Waals surface area contributed by atoms with Gasteiger partial charge in [-0.05, 0) is 36.8 Å². The first-order valence-corrected chi connectivity index (χ1v) is 7.50. The van der Waals surface area contributed by atoms with Crippen molar-refractivity contribution in [2.24, 2.45) is 0 Å². The Hall–Kier alpha value is -2.03. The van der Waals surface area contributed by atoms with Crippen molar-refractivity contribution < 1.29 is 21.6 Å². The van der Waals surface area contributed by atoms with Gasteiger partial charge in [-0.2, -0.15) is 13.2 Å². The fraction of sp³-hybridized carbons (Fsp3) is 0.154. The maximum Gasteiger partial charge on any atom is 0.416 e. The highest BCUT2D eigenvalue weighted by Gasteiger charge is 2.31. The third-order valence-corrected chi connectivity index (χ3v) is 4.13. The summed E-state index contributed by atoms with van der Waals surface area (Å²) in [6.45, 7) is 1.68. The van der Waals surface area contributed by atoms with E-state index in [1.54, 1.807) is 6.92 Å². The Bertz CT molecular complexity index is 807. The molecule has 0 spiro atoms. The summed E-state index contributed by atoms with van der Waals surface area (Å²) in [5.74, 6) is 0. The molecule has 0 aliphatic carbocycles. The molecule has 0 saturated carbocycles. The summed E-state index contributed by atoms with van der Waals surface area (Å²) in [6.07, 6.45) is -3.19. The molecule has 0 aliphatic heterocycles. The second kappa shape index (κ2) is 5.64. The van der Waals surface area contributed by atoms with Crippen LogP contribution in [0.15, 0.2) is 41.4 Å². The van der Waals surface area contributed by atoms with E-state index in [2.05, 4.69) is 9.71 Å². The zero-order chi connectivity index (χ0) is 16.5. The van der Waals surface area contributed by atoms with Crippen LogP contribution in [0.4, 0.5) is 18.9 Å². The molecule has 0 atom stereocenters. The minimum absolute atomic E-state index is 0.0115. The molecule has 114 valence electrons. The highest BCUT2D eigenvalue weighted by Crippen LogP contribution is 2.30. The van der Waals surface area contributed by atoms with E-state index in [1.807, 2.05) is 0 Å². The molecule has 1 aromatic carbocycles. The van der Waals surface area contributed by atoms with Crippen molar-refractivity contribution in [2.45, 2.75) is 18.0 Å². The molecule has 4 nitrogen and oxygen atoms in total. The zero-order valence-corrected chi connectivity index (χ0v) is 12.2. The summed E-state index contributed by atoms with van der Waals surface area (Å²) in [6, 6.07) is 4.88. The zero-order valence-electron chi connectivity index (χ0n) is 11.3. The first-order chi connectivity index (χ1) is 10.1. The van der Waals surface area contributed by atoms with Gasteiger partial charge in [0.15, 0.2) is 0 Å². The third-order valence-electron chi connectivity index (χ3n) is 2.77. The predicted molar refractivity (Wildman–Crippen MR) is 76.6 cm³/mol. The van der Waals surface area contributed by atoms with Crippen LogP contribution in [0.3, 0.4) is 0 Å². The van der Waals surface area contributed by atoms with Gasteiger partial charge in [-0.3, -0.25) is 9.71 Å². The number of aromatic nitrogens is 1. The molecule has 2 aromatic rings. The molecule has 0 saturated heterocycles. The van der Waals surface area contributed by atoms with E-state index in [4.69, 9.17) is 7.85 Å². The lowest BCUT2D eigenvalue weighted by Gasteiger charge is -2.12. The summed E-state index contributed by atoms with van der Waals surface area (Å²) in [5, 5.41) is 0. The van der Waals surface area contributed by atoms with Gasteiger partial charge in [0.05, 0.1) is 16.1 Å². The highest BCUT2D eigenvalue weighted by atomic mass is 32.2. The maximum absolute atomic E-state index is 12.7. The van der Waals surface area contributed by atoms with E-state index in [1.165, 1.54) is 12.3 Å². The van der Waals surface area contributed by atoms with Gasteiger partial charge in [0.25, 0.3) is 10.0 Å². The van der Waals surface area contributed by atoms with E-state index in [0.29, 0.717) is 11.6 Å². The Balaban J connectivity index is 2.41. The lowest BCUT2D eigenvalue weighted by Crippen LogP contribution is -2.21. The molecule has 0 unspecified atom stereocenters. The molecule has 1 aromatic heterocycles. The van der Waals surface area contributed by atoms with Gasteiger partial charge in [-0.25, -0.2) is 8.42 Å². The molecular formula is C13H10BF3N2O2S. The Labute approximate surface area is 126 Å². The first-order valence-electron chi connectivity index (χ1n) is 6.02.